The summed E-state index contributed by atoms with van der Waals surface area (Å²) in [6.07, 6.45) is 2.95. The summed E-state index contributed by atoms with van der Waals surface area (Å²) in [4.78, 5) is 18.7. The van der Waals surface area contributed by atoms with E-state index in [1.807, 2.05) is 24.3 Å². The van der Waals surface area contributed by atoms with Crippen LogP contribution in [0.25, 0.3) is 10.9 Å². The summed E-state index contributed by atoms with van der Waals surface area (Å²) >= 11 is 3.15. The Bertz CT molecular complexity index is 839. The second-order valence-corrected chi connectivity index (χ2v) is 5.12. The molecule has 0 unspecified atom stereocenters. The Labute approximate surface area is 127 Å². The number of ether oxygens (including phenoxy) is 1. The Balaban J connectivity index is 2.00. The lowest BCUT2D eigenvalue weighted by Gasteiger charge is -2.06. The lowest BCUT2D eigenvalue weighted by molar-refractivity contribution is -0.386. The standard InChI is InChI=1S/C14H8BrN3O3/c15-10-6-13(18(19)20)14(17-7-10)21-11-5-9-3-1-2-4-12(9)16-8-11/h1-8H. The van der Waals surface area contributed by atoms with Crippen LogP contribution in [0.3, 0.4) is 0 Å². The van der Waals surface area contributed by atoms with Gasteiger partial charge in [0.1, 0.15) is 5.75 Å². The van der Waals surface area contributed by atoms with Crippen molar-refractivity contribution in [3.8, 4) is 11.6 Å². The summed E-state index contributed by atoms with van der Waals surface area (Å²) in [6.45, 7) is 0. The first-order valence-corrected chi connectivity index (χ1v) is 6.75. The average molecular weight is 346 g/mol. The Morgan fingerprint density at radius 2 is 1.95 bits per heavy atom. The van der Waals surface area contributed by atoms with Gasteiger partial charge in [0.05, 0.1) is 16.6 Å². The topological polar surface area (TPSA) is 78.2 Å². The third-order valence-corrected chi connectivity index (χ3v) is 3.21. The van der Waals surface area contributed by atoms with Crippen LogP contribution in [-0.2, 0) is 0 Å². The fourth-order valence-electron chi connectivity index (χ4n) is 1.84. The van der Waals surface area contributed by atoms with E-state index in [0.717, 1.165) is 10.9 Å². The van der Waals surface area contributed by atoms with Crippen molar-refractivity contribution < 1.29 is 9.66 Å². The van der Waals surface area contributed by atoms with Gasteiger partial charge in [0.25, 0.3) is 5.88 Å². The Kier molecular flexibility index (Phi) is 3.49. The quantitative estimate of drug-likeness (QED) is 0.527. The largest absolute Gasteiger partial charge is 0.432 e. The Hall–Kier alpha value is -2.54. The molecule has 2 heterocycles. The molecule has 0 atom stereocenters. The molecule has 3 aromatic rings. The molecule has 6 nitrogen and oxygen atoms in total. The molecule has 0 bridgehead atoms. The van der Waals surface area contributed by atoms with Gasteiger partial charge in [0.2, 0.25) is 0 Å². The van der Waals surface area contributed by atoms with Crippen LogP contribution < -0.4 is 4.74 Å². The number of halogens is 1. The van der Waals surface area contributed by atoms with E-state index < -0.39 is 4.92 Å². The van der Waals surface area contributed by atoms with Crippen molar-refractivity contribution in [3.63, 3.8) is 0 Å². The van der Waals surface area contributed by atoms with Gasteiger partial charge in [-0.05, 0) is 28.1 Å². The summed E-state index contributed by atoms with van der Waals surface area (Å²) < 4.78 is 6.01. The molecule has 0 fully saturated rings. The number of rotatable bonds is 3. The minimum absolute atomic E-state index is 0.0692. The third-order valence-electron chi connectivity index (χ3n) is 2.78. The fraction of sp³-hybridized carbons (Fsp3) is 0. The number of nitro groups is 1. The molecule has 0 N–H and O–H groups in total. The van der Waals surface area contributed by atoms with Crippen LogP contribution >= 0.6 is 15.9 Å². The van der Waals surface area contributed by atoms with E-state index in [2.05, 4.69) is 25.9 Å². The van der Waals surface area contributed by atoms with E-state index in [4.69, 9.17) is 4.74 Å². The van der Waals surface area contributed by atoms with Crippen LogP contribution in [0.4, 0.5) is 5.69 Å². The van der Waals surface area contributed by atoms with Crippen molar-refractivity contribution in [1.29, 1.82) is 0 Å². The average Bonchev–Trinajstić information content (AvgIpc) is 2.49. The maximum atomic E-state index is 11.0. The van der Waals surface area contributed by atoms with Gasteiger partial charge >= 0.3 is 5.69 Å². The SMILES string of the molecule is O=[N+]([O-])c1cc(Br)cnc1Oc1cnc2ccccc2c1. The maximum Gasteiger partial charge on any atom is 0.332 e. The number of para-hydroxylation sites is 1. The van der Waals surface area contributed by atoms with E-state index in [1.165, 1.54) is 18.5 Å². The van der Waals surface area contributed by atoms with Crippen molar-refractivity contribution in [2.24, 2.45) is 0 Å². The van der Waals surface area contributed by atoms with E-state index in [1.54, 1.807) is 6.07 Å². The normalized spacial score (nSPS) is 10.5. The van der Waals surface area contributed by atoms with Gasteiger partial charge in [-0.15, -0.1) is 0 Å². The van der Waals surface area contributed by atoms with Gasteiger partial charge in [-0.1, -0.05) is 18.2 Å². The van der Waals surface area contributed by atoms with Gasteiger partial charge in [-0.25, -0.2) is 4.98 Å². The smallest absolute Gasteiger partial charge is 0.332 e. The molecule has 2 aromatic heterocycles. The molecule has 3 rings (SSSR count). The van der Waals surface area contributed by atoms with Crippen LogP contribution in [0.2, 0.25) is 0 Å². The highest BCUT2D eigenvalue weighted by atomic mass is 79.9. The first-order valence-electron chi connectivity index (χ1n) is 5.96. The van der Waals surface area contributed by atoms with E-state index in [0.29, 0.717) is 10.2 Å². The molecule has 0 saturated heterocycles. The molecule has 0 radical (unpaired) electrons. The van der Waals surface area contributed by atoms with Crippen LogP contribution in [0.5, 0.6) is 11.6 Å². The second kappa shape index (κ2) is 5.45. The Morgan fingerprint density at radius 3 is 2.76 bits per heavy atom. The van der Waals surface area contributed by atoms with Gasteiger partial charge in [0.15, 0.2) is 0 Å². The first-order chi connectivity index (χ1) is 10.1. The predicted molar refractivity (Wildman–Crippen MR) is 80.4 cm³/mol. The third kappa shape index (κ3) is 2.82. The number of hydrogen-bond donors (Lipinski definition) is 0. The van der Waals surface area contributed by atoms with E-state index in [-0.39, 0.29) is 11.6 Å². The molecule has 0 aliphatic carbocycles. The number of hydrogen-bond acceptors (Lipinski definition) is 5. The number of fused-ring (bicyclic) bond motifs is 1. The van der Waals surface area contributed by atoms with Crippen LogP contribution in [0, 0.1) is 10.1 Å². The summed E-state index contributed by atoms with van der Waals surface area (Å²) in [7, 11) is 0. The highest BCUT2D eigenvalue weighted by Crippen LogP contribution is 2.31. The molecule has 104 valence electrons. The van der Waals surface area contributed by atoms with Gasteiger partial charge in [0, 0.05) is 22.1 Å². The summed E-state index contributed by atoms with van der Waals surface area (Å²) in [6, 6.07) is 10.6. The van der Waals surface area contributed by atoms with Crippen LogP contribution in [-0.4, -0.2) is 14.9 Å². The molecule has 0 aliphatic heterocycles. The first kappa shape index (κ1) is 13.4. The highest BCUT2D eigenvalue weighted by molar-refractivity contribution is 9.10. The minimum atomic E-state index is -0.540. The summed E-state index contributed by atoms with van der Waals surface area (Å²) in [5, 5.41) is 11.9. The monoisotopic (exact) mass is 345 g/mol. The lowest BCUT2D eigenvalue weighted by atomic mass is 10.2. The molecule has 0 spiro atoms. The Morgan fingerprint density at radius 1 is 1.14 bits per heavy atom. The number of pyridine rings is 2. The number of nitrogens with zero attached hydrogens (tertiary/aromatic N) is 3. The van der Waals surface area contributed by atoms with Gasteiger partial charge in [-0.2, -0.15) is 0 Å². The molecule has 1 aromatic carbocycles. The fourth-order valence-corrected chi connectivity index (χ4v) is 2.16. The summed E-state index contributed by atoms with van der Waals surface area (Å²) in [5.41, 5.74) is 0.612. The van der Waals surface area contributed by atoms with Gasteiger partial charge in [-0.3, -0.25) is 15.1 Å². The molecular formula is C14H8BrN3O3. The lowest BCUT2D eigenvalue weighted by Crippen LogP contribution is -1.96. The summed E-state index contributed by atoms with van der Waals surface area (Å²) in [5.74, 6) is 0.326. The van der Waals surface area contributed by atoms with Crippen molar-refractivity contribution in [2.75, 3.05) is 0 Å². The van der Waals surface area contributed by atoms with E-state index in [9.17, 15) is 10.1 Å². The van der Waals surface area contributed by atoms with Crippen LogP contribution in [0.1, 0.15) is 0 Å². The maximum absolute atomic E-state index is 11.0. The molecule has 0 aliphatic rings. The molecular weight excluding hydrogens is 338 g/mol. The highest BCUT2D eigenvalue weighted by Gasteiger charge is 2.18. The second-order valence-electron chi connectivity index (χ2n) is 4.20. The molecule has 21 heavy (non-hydrogen) atoms. The van der Waals surface area contributed by atoms with Crippen LogP contribution in [0.15, 0.2) is 53.3 Å². The zero-order valence-electron chi connectivity index (χ0n) is 10.6. The molecule has 0 amide bonds. The van der Waals surface area contributed by atoms with Crippen molar-refractivity contribution >= 4 is 32.5 Å². The van der Waals surface area contributed by atoms with E-state index >= 15 is 0 Å². The van der Waals surface area contributed by atoms with Gasteiger partial charge < -0.3 is 4.74 Å². The number of benzene rings is 1. The minimum Gasteiger partial charge on any atom is -0.432 e. The van der Waals surface area contributed by atoms with Crippen molar-refractivity contribution in [3.05, 3.63) is 63.4 Å². The number of aromatic nitrogens is 2. The molecule has 7 heteroatoms. The zero-order chi connectivity index (χ0) is 14.8. The van der Waals surface area contributed by atoms with Crippen molar-refractivity contribution in [1.82, 2.24) is 9.97 Å². The predicted octanol–water partition coefficient (Wildman–Crippen LogP) is 4.09. The van der Waals surface area contributed by atoms with Crippen molar-refractivity contribution in [2.45, 2.75) is 0 Å². The zero-order valence-corrected chi connectivity index (χ0v) is 12.1. The molecule has 0 saturated carbocycles.